The van der Waals surface area contributed by atoms with Crippen molar-refractivity contribution in [3.05, 3.63) is 59.2 Å². The fourth-order valence-electron chi connectivity index (χ4n) is 3.74. The van der Waals surface area contributed by atoms with E-state index < -0.39 is 0 Å². The Morgan fingerprint density at radius 2 is 1.38 bits per heavy atom. The highest BCUT2D eigenvalue weighted by Gasteiger charge is 2.24. The molecule has 0 saturated carbocycles. The third-order valence-electron chi connectivity index (χ3n) is 5.73. The molecule has 0 atom stereocenters. The number of methoxy groups -OCH3 is 2. The number of hydrogen-bond acceptors (Lipinski definition) is 5. The Morgan fingerprint density at radius 1 is 0.781 bits per heavy atom. The number of hydrogen-bond donors (Lipinski definition) is 0. The molecule has 7 heteroatoms. The quantitative estimate of drug-likeness (QED) is 0.593. The maximum atomic E-state index is 12.7. The summed E-state index contributed by atoms with van der Waals surface area (Å²) >= 11 is 0. The first kappa shape index (κ1) is 23.3. The van der Waals surface area contributed by atoms with Gasteiger partial charge in [0, 0.05) is 44.6 Å². The first-order valence-electron chi connectivity index (χ1n) is 10.8. The Labute approximate surface area is 188 Å². The zero-order valence-electron chi connectivity index (χ0n) is 18.9. The molecule has 1 fully saturated rings. The fraction of sp³-hybridized carbons (Fsp3) is 0.400. The normalized spacial score (nSPS) is 13.6. The van der Waals surface area contributed by atoms with Crippen LogP contribution >= 0.6 is 0 Å². The van der Waals surface area contributed by atoms with Gasteiger partial charge in [0.15, 0.2) is 17.3 Å². The lowest BCUT2D eigenvalue weighted by atomic mass is 10.0. The van der Waals surface area contributed by atoms with Crippen molar-refractivity contribution in [2.24, 2.45) is 0 Å². The fourth-order valence-corrected chi connectivity index (χ4v) is 3.74. The molecule has 1 aliphatic heterocycles. The summed E-state index contributed by atoms with van der Waals surface area (Å²) in [5.41, 5.74) is 2.57. The van der Waals surface area contributed by atoms with E-state index in [0.29, 0.717) is 43.2 Å². The van der Waals surface area contributed by atoms with Gasteiger partial charge in [-0.1, -0.05) is 35.9 Å². The molecule has 0 unspecified atom stereocenters. The lowest BCUT2D eigenvalue weighted by Gasteiger charge is -2.35. The molecule has 1 aliphatic rings. The molecule has 1 heterocycles. The Morgan fingerprint density at radius 3 is 1.97 bits per heavy atom. The van der Waals surface area contributed by atoms with Crippen molar-refractivity contribution in [3.63, 3.8) is 0 Å². The SMILES string of the molecule is COc1ccc(CC(=O)N2CCN(C(=O)CCC(=O)c3ccc(C)cc3)CC2)cc1OC. The lowest BCUT2D eigenvalue weighted by molar-refractivity contribution is -0.139. The number of aryl methyl sites for hydroxylation is 1. The number of carbonyl (C=O) groups excluding carboxylic acids is 3. The minimum atomic E-state index is -0.0440. The van der Waals surface area contributed by atoms with E-state index in [1.54, 1.807) is 42.2 Å². The molecule has 0 aromatic heterocycles. The molecular weight excluding hydrogens is 408 g/mol. The minimum Gasteiger partial charge on any atom is -0.493 e. The molecule has 2 aromatic rings. The van der Waals surface area contributed by atoms with Crippen LogP contribution in [0.15, 0.2) is 42.5 Å². The number of piperazine rings is 1. The van der Waals surface area contributed by atoms with Gasteiger partial charge in [-0.05, 0) is 24.6 Å². The maximum Gasteiger partial charge on any atom is 0.227 e. The van der Waals surface area contributed by atoms with Crippen molar-refractivity contribution in [3.8, 4) is 11.5 Å². The molecule has 2 amide bonds. The molecule has 32 heavy (non-hydrogen) atoms. The van der Waals surface area contributed by atoms with E-state index >= 15 is 0 Å². The van der Waals surface area contributed by atoms with Crippen molar-refractivity contribution in [1.82, 2.24) is 9.80 Å². The largest absolute Gasteiger partial charge is 0.493 e. The monoisotopic (exact) mass is 438 g/mol. The number of carbonyl (C=O) groups is 3. The van der Waals surface area contributed by atoms with Crippen molar-refractivity contribution in [1.29, 1.82) is 0 Å². The van der Waals surface area contributed by atoms with Crippen molar-refractivity contribution >= 4 is 17.6 Å². The standard InChI is InChI=1S/C25H30N2O5/c1-18-4-7-20(8-5-18)21(28)9-11-24(29)26-12-14-27(15-13-26)25(30)17-19-6-10-22(31-2)23(16-19)32-3/h4-8,10,16H,9,11-15,17H2,1-3H3. The number of ketones is 1. The zero-order valence-corrected chi connectivity index (χ0v) is 18.9. The van der Waals surface area contributed by atoms with Crippen LogP contribution in [0.1, 0.15) is 34.3 Å². The summed E-state index contributed by atoms with van der Waals surface area (Å²) in [6, 6.07) is 12.8. The predicted octanol–water partition coefficient (Wildman–Crippen LogP) is 2.89. The van der Waals surface area contributed by atoms with Gasteiger partial charge >= 0.3 is 0 Å². The summed E-state index contributed by atoms with van der Waals surface area (Å²) in [5, 5.41) is 0. The van der Waals surface area contributed by atoms with Crippen LogP contribution in [0.2, 0.25) is 0 Å². The smallest absolute Gasteiger partial charge is 0.227 e. The van der Waals surface area contributed by atoms with Crippen LogP contribution in [-0.2, 0) is 16.0 Å². The summed E-state index contributed by atoms with van der Waals surface area (Å²) in [6.45, 7) is 3.91. The predicted molar refractivity (Wildman–Crippen MR) is 121 cm³/mol. The van der Waals surface area contributed by atoms with E-state index in [1.165, 1.54) is 0 Å². The molecule has 0 spiro atoms. The van der Waals surface area contributed by atoms with E-state index in [1.807, 2.05) is 31.2 Å². The summed E-state index contributed by atoms with van der Waals surface area (Å²) in [7, 11) is 3.13. The minimum absolute atomic E-state index is 0.0128. The van der Waals surface area contributed by atoms with E-state index in [9.17, 15) is 14.4 Å². The molecule has 1 saturated heterocycles. The van der Waals surface area contributed by atoms with Gasteiger partial charge in [-0.25, -0.2) is 0 Å². The number of Topliss-reactive ketones (excluding diaryl/α,β-unsaturated/α-hetero) is 1. The highest BCUT2D eigenvalue weighted by atomic mass is 16.5. The van der Waals surface area contributed by atoms with Crippen LogP contribution < -0.4 is 9.47 Å². The topological polar surface area (TPSA) is 76.2 Å². The second kappa shape index (κ2) is 10.8. The number of nitrogens with zero attached hydrogens (tertiary/aromatic N) is 2. The molecule has 170 valence electrons. The molecule has 2 aromatic carbocycles. The van der Waals surface area contributed by atoms with Gasteiger partial charge in [0.1, 0.15) is 0 Å². The highest BCUT2D eigenvalue weighted by Crippen LogP contribution is 2.28. The Balaban J connectivity index is 1.45. The molecule has 0 bridgehead atoms. The van der Waals surface area contributed by atoms with Crippen LogP contribution in [0.5, 0.6) is 11.5 Å². The van der Waals surface area contributed by atoms with Gasteiger partial charge in [0.25, 0.3) is 0 Å². The van der Waals surface area contributed by atoms with Crippen LogP contribution in [0.4, 0.5) is 0 Å². The number of amides is 2. The molecular formula is C25H30N2O5. The second-order valence-electron chi connectivity index (χ2n) is 7.92. The number of rotatable bonds is 8. The van der Waals surface area contributed by atoms with Gasteiger partial charge in [-0.3, -0.25) is 14.4 Å². The highest BCUT2D eigenvalue weighted by molar-refractivity contribution is 5.98. The number of benzene rings is 2. The molecule has 0 radical (unpaired) electrons. The lowest BCUT2D eigenvalue weighted by Crippen LogP contribution is -2.51. The summed E-state index contributed by atoms with van der Waals surface area (Å²) in [6.07, 6.45) is 0.645. The Kier molecular flexibility index (Phi) is 7.87. The first-order valence-corrected chi connectivity index (χ1v) is 10.8. The van der Waals surface area contributed by atoms with E-state index in [2.05, 4.69) is 0 Å². The third kappa shape index (κ3) is 5.87. The van der Waals surface area contributed by atoms with Gasteiger partial charge in [-0.2, -0.15) is 0 Å². The van der Waals surface area contributed by atoms with Gasteiger partial charge < -0.3 is 19.3 Å². The van der Waals surface area contributed by atoms with E-state index in [4.69, 9.17) is 9.47 Å². The van der Waals surface area contributed by atoms with Crippen molar-refractivity contribution in [2.75, 3.05) is 40.4 Å². The number of ether oxygens (including phenoxy) is 2. The molecule has 0 N–H and O–H groups in total. The van der Waals surface area contributed by atoms with Crippen LogP contribution in [-0.4, -0.2) is 67.8 Å². The van der Waals surface area contributed by atoms with Crippen LogP contribution in [0.3, 0.4) is 0 Å². The Bertz CT molecular complexity index is 963. The third-order valence-corrected chi connectivity index (χ3v) is 5.73. The first-order chi connectivity index (χ1) is 15.4. The van der Waals surface area contributed by atoms with Crippen molar-refractivity contribution in [2.45, 2.75) is 26.2 Å². The molecule has 7 nitrogen and oxygen atoms in total. The van der Waals surface area contributed by atoms with Crippen molar-refractivity contribution < 1.29 is 23.9 Å². The van der Waals surface area contributed by atoms with Gasteiger partial charge in [-0.15, -0.1) is 0 Å². The Hall–Kier alpha value is -3.35. The molecule has 0 aliphatic carbocycles. The summed E-state index contributed by atoms with van der Waals surface area (Å²) in [5.74, 6) is 1.16. The summed E-state index contributed by atoms with van der Waals surface area (Å²) in [4.78, 5) is 41.0. The van der Waals surface area contributed by atoms with E-state index in [0.717, 1.165) is 11.1 Å². The van der Waals surface area contributed by atoms with Gasteiger partial charge in [0.05, 0.1) is 20.6 Å². The maximum absolute atomic E-state index is 12.7. The summed E-state index contributed by atoms with van der Waals surface area (Å²) < 4.78 is 10.5. The molecule has 3 rings (SSSR count). The average molecular weight is 439 g/mol. The van der Waals surface area contributed by atoms with Crippen LogP contribution in [0.25, 0.3) is 0 Å². The van der Waals surface area contributed by atoms with Gasteiger partial charge in [0.2, 0.25) is 11.8 Å². The zero-order chi connectivity index (χ0) is 23.1. The van der Waals surface area contributed by atoms with E-state index in [-0.39, 0.29) is 36.9 Å². The van der Waals surface area contributed by atoms with Crippen LogP contribution in [0, 0.1) is 6.92 Å². The average Bonchev–Trinajstić information content (AvgIpc) is 2.82. The second-order valence-corrected chi connectivity index (χ2v) is 7.92.